The molecule has 0 amide bonds. The van der Waals surface area contributed by atoms with Crippen molar-refractivity contribution in [3.63, 3.8) is 0 Å². The quantitative estimate of drug-likeness (QED) is 0.428. The molecular formula is C25H21NO4. The molecule has 0 atom stereocenters. The Morgan fingerprint density at radius 2 is 1.67 bits per heavy atom. The summed E-state index contributed by atoms with van der Waals surface area (Å²) >= 11 is 0. The summed E-state index contributed by atoms with van der Waals surface area (Å²) in [5, 5.41) is 0. The summed E-state index contributed by atoms with van der Waals surface area (Å²) in [7, 11) is 1.59. The summed E-state index contributed by atoms with van der Waals surface area (Å²) in [6.45, 7) is 0.540. The summed E-state index contributed by atoms with van der Waals surface area (Å²) in [6.07, 6.45) is 2.48. The number of aliphatic imine (C=N–C) groups is 1. The smallest absolute Gasteiger partial charge is 0.363 e. The van der Waals surface area contributed by atoms with Crippen LogP contribution in [0.15, 0.2) is 89.6 Å². The first-order chi connectivity index (χ1) is 14.7. The number of esters is 1. The first-order valence-corrected chi connectivity index (χ1v) is 9.66. The molecule has 0 saturated carbocycles. The van der Waals surface area contributed by atoms with Gasteiger partial charge in [0.05, 0.1) is 13.7 Å². The molecule has 4 rings (SSSR count). The van der Waals surface area contributed by atoms with E-state index in [4.69, 9.17) is 14.2 Å². The van der Waals surface area contributed by atoms with Crippen LogP contribution in [0.2, 0.25) is 0 Å². The van der Waals surface area contributed by atoms with Crippen molar-refractivity contribution in [1.29, 1.82) is 0 Å². The van der Waals surface area contributed by atoms with Gasteiger partial charge in [0, 0.05) is 12.0 Å². The Bertz CT molecular complexity index is 1090. The van der Waals surface area contributed by atoms with Gasteiger partial charge in [-0.25, -0.2) is 9.79 Å². The third-order valence-corrected chi connectivity index (χ3v) is 4.62. The van der Waals surface area contributed by atoms with Crippen LogP contribution in [0.5, 0.6) is 11.5 Å². The van der Waals surface area contributed by atoms with Crippen molar-refractivity contribution in [3.8, 4) is 11.5 Å². The predicted molar refractivity (Wildman–Crippen MR) is 116 cm³/mol. The summed E-state index contributed by atoms with van der Waals surface area (Å²) in [4.78, 5) is 16.5. The first kappa shape index (κ1) is 19.5. The van der Waals surface area contributed by atoms with Crippen LogP contribution in [-0.2, 0) is 16.0 Å². The molecule has 5 heteroatoms. The molecule has 0 unspecified atom stereocenters. The van der Waals surface area contributed by atoms with Crippen molar-refractivity contribution in [3.05, 3.63) is 101 Å². The van der Waals surface area contributed by atoms with E-state index in [1.807, 2.05) is 66.7 Å². The minimum atomic E-state index is -0.476. The highest BCUT2D eigenvalue weighted by molar-refractivity contribution is 6.12. The molecule has 1 aliphatic heterocycles. The molecule has 3 aromatic rings. The van der Waals surface area contributed by atoms with E-state index in [1.165, 1.54) is 5.56 Å². The van der Waals surface area contributed by atoms with Crippen LogP contribution in [0, 0.1) is 0 Å². The fourth-order valence-electron chi connectivity index (χ4n) is 3.09. The lowest BCUT2D eigenvalue weighted by molar-refractivity contribution is -0.129. The molecule has 0 bridgehead atoms. The van der Waals surface area contributed by atoms with Crippen molar-refractivity contribution in [2.24, 2.45) is 4.99 Å². The highest BCUT2D eigenvalue weighted by atomic mass is 16.6. The number of nitrogens with zero attached hydrogens (tertiary/aromatic N) is 1. The largest absolute Gasteiger partial charge is 0.493 e. The molecular weight excluding hydrogens is 378 g/mol. The van der Waals surface area contributed by atoms with Gasteiger partial charge in [-0.1, -0.05) is 54.6 Å². The summed E-state index contributed by atoms with van der Waals surface area (Å²) in [6, 6.07) is 25.0. The zero-order valence-electron chi connectivity index (χ0n) is 16.6. The maximum absolute atomic E-state index is 12.2. The normalized spacial score (nSPS) is 14.4. The van der Waals surface area contributed by atoms with Crippen LogP contribution >= 0.6 is 0 Å². The SMILES string of the molecule is COc1cc(/C=C2\N=C(c3ccccc3)OC2=O)ccc1OCCc1ccccc1. The third kappa shape index (κ3) is 4.58. The number of rotatable bonds is 7. The van der Waals surface area contributed by atoms with Crippen LogP contribution in [-0.4, -0.2) is 25.6 Å². The molecule has 0 radical (unpaired) electrons. The van der Waals surface area contributed by atoms with Gasteiger partial charge < -0.3 is 14.2 Å². The number of hydrogen-bond acceptors (Lipinski definition) is 5. The molecule has 0 saturated heterocycles. The molecule has 0 aliphatic carbocycles. The fraction of sp³-hybridized carbons (Fsp3) is 0.120. The molecule has 0 spiro atoms. The van der Waals surface area contributed by atoms with E-state index in [9.17, 15) is 4.79 Å². The maximum atomic E-state index is 12.2. The topological polar surface area (TPSA) is 57.1 Å². The lowest BCUT2D eigenvalue weighted by Gasteiger charge is -2.11. The summed E-state index contributed by atoms with van der Waals surface area (Å²) in [5.74, 6) is 1.07. The van der Waals surface area contributed by atoms with Gasteiger partial charge in [0.25, 0.3) is 0 Å². The standard InChI is InChI=1S/C25H21NO4/c1-28-23-17-19(12-13-22(23)29-15-14-18-8-4-2-5-9-18)16-21-25(27)30-24(26-21)20-10-6-3-7-11-20/h2-13,16-17H,14-15H2,1H3/b21-16-. The molecule has 150 valence electrons. The number of benzene rings is 3. The van der Waals surface area contributed by atoms with Gasteiger partial charge in [-0.2, -0.15) is 0 Å². The second-order valence-corrected chi connectivity index (χ2v) is 6.70. The van der Waals surface area contributed by atoms with Gasteiger partial charge >= 0.3 is 5.97 Å². The Morgan fingerprint density at radius 1 is 0.933 bits per heavy atom. The number of carbonyl (C=O) groups excluding carboxylic acids is 1. The zero-order chi connectivity index (χ0) is 20.8. The van der Waals surface area contributed by atoms with Crippen LogP contribution in [0.25, 0.3) is 6.08 Å². The molecule has 0 fully saturated rings. The van der Waals surface area contributed by atoms with Crippen molar-refractivity contribution in [2.45, 2.75) is 6.42 Å². The average Bonchev–Trinajstić information content (AvgIpc) is 3.16. The number of cyclic esters (lactones) is 1. The lowest BCUT2D eigenvalue weighted by Crippen LogP contribution is -2.05. The Kier molecular flexibility index (Phi) is 5.90. The van der Waals surface area contributed by atoms with E-state index >= 15 is 0 Å². The lowest BCUT2D eigenvalue weighted by atomic mass is 10.1. The Hall–Kier alpha value is -3.86. The maximum Gasteiger partial charge on any atom is 0.363 e. The minimum Gasteiger partial charge on any atom is -0.493 e. The van der Waals surface area contributed by atoms with Gasteiger partial charge in [0.1, 0.15) is 0 Å². The summed E-state index contributed by atoms with van der Waals surface area (Å²) in [5.41, 5.74) is 2.99. The van der Waals surface area contributed by atoms with Gasteiger partial charge in [-0.15, -0.1) is 0 Å². The Labute approximate surface area is 175 Å². The van der Waals surface area contributed by atoms with Crippen molar-refractivity contribution in [2.75, 3.05) is 13.7 Å². The number of hydrogen-bond donors (Lipinski definition) is 0. The second kappa shape index (κ2) is 9.09. The molecule has 1 aliphatic rings. The second-order valence-electron chi connectivity index (χ2n) is 6.70. The Balaban J connectivity index is 1.48. The van der Waals surface area contributed by atoms with Crippen LogP contribution in [0.4, 0.5) is 0 Å². The molecule has 1 heterocycles. The van der Waals surface area contributed by atoms with E-state index in [0.29, 0.717) is 24.0 Å². The van der Waals surface area contributed by atoms with Crippen LogP contribution in [0.3, 0.4) is 0 Å². The molecule has 30 heavy (non-hydrogen) atoms. The van der Waals surface area contributed by atoms with Gasteiger partial charge in [-0.05, 0) is 41.5 Å². The highest BCUT2D eigenvalue weighted by Crippen LogP contribution is 2.30. The first-order valence-electron chi connectivity index (χ1n) is 9.66. The van der Waals surface area contributed by atoms with E-state index < -0.39 is 5.97 Å². The van der Waals surface area contributed by atoms with Crippen LogP contribution in [0.1, 0.15) is 16.7 Å². The van der Waals surface area contributed by atoms with E-state index in [1.54, 1.807) is 13.2 Å². The zero-order valence-corrected chi connectivity index (χ0v) is 16.6. The van der Waals surface area contributed by atoms with E-state index in [2.05, 4.69) is 17.1 Å². The van der Waals surface area contributed by atoms with Gasteiger partial charge in [-0.3, -0.25) is 0 Å². The fourth-order valence-corrected chi connectivity index (χ4v) is 3.09. The molecule has 0 aromatic heterocycles. The van der Waals surface area contributed by atoms with Crippen molar-refractivity contribution < 1.29 is 19.0 Å². The summed E-state index contributed by atoms with van der Waals surface area (Å²) < 4.78 is 16.6. The number of ether oxygens (including phenoxy) is 3. The highest BCUT2D eigenvalue weighted by Gasteiger charge is 2.24. The molecule has 3 aromatic carbocycles. The number of carbonyl (C=O) groups is 1. The van der Waals surface area contributed by atoms with Crippen LogP contribution < -0.4 is 9.47 Å². The third-order valence-electron chi connectivity index (χ3n) is 4.62. The monoisotopic (exact) mass is 399 g/mol. The predicted octanol–water partition coefficient (Wildman–Crippen LogP) is 4.66. The Morgan fingerprint density at radius 3 is 2.40 bits per heavy atom. The van der Waals surface area contributed by atoms with Crippen molar-refractivity contribution in [1.82, 2.24) is 0 Å². The molecule has 5 nitrogen and oxygen atoms in total. The number of methoxy groups -OCH3 is 1. The average molecular weight is 399 g/mol. The van der Waals surface area contributed by atoms with Gasteiger partial charge in [0.15, 0.2) is 17.2 Å². The van der Waals surface area contributed by atoms with E-state index in [-0.39, 0.29) is 5.70 Å². The molecule has 0 N–H and O–H groups in total. The minimum absolute atomic E-state index is 0.244. The van der Waals surface area contributed by atoms with Crippen molar-refractivity contribution >= 4 is 17.9 Å². The van der Waals surface area contributed by atoms with Gasteiger partial charge in [0.2, 0.25) is 5.90 Å². The van der Waals surface area contributed by atoms with E-state index in [0.717, 1.165) is 17.5 Å².